The van der Waals surface area contributed by atoms with Gasteiger partial charge >= 0.3 is 6.01 Å². The zero-order valence-corrected chi connectivity index (χ0v) is 27.1. The molecule has 3 saturated heterocycles. The van der Waals surface area contributed by atoms with Gasteiger partial charge in [-0.25, -0.2) is 13.2 Å². The first-order valence-electron chi connectivity index (χ1n) is 16.0. The molecule has 3 unspecified atom stereocenters. The number of alkyl halides is 1. The topological polar surface area (TPSA) is 127 Å². The number of ether oxygens (including phenoxy) is 2. The highest BCUT2D eigenvalue weighted by Crippen LogP contribution is 2.51. The minimum absolute atomic E-state index is 0.00336. The Balaban J connectivity index is 1.36. The van der Waals surface area contributed by atoms with E-state index in [1.165, 1.54) is 12.1 Å². The Bertz CT molecular complexity index is 1970. The SMILES string of the molecule is N#Cc1c(N)sc2c(F)ccc(-c3c(Cl)c4c5c(nc(OCC67CCCN6C[C@H](F)C7)nc5c3F)N3CCCC(N)CC3CCO4)c12. The highest BCUT2D eigenvalue weighted by atomic mass is 35.5. The molecule has 3 fully saturated rings. The third kappa shape index (κ3) is 4.86. The van der Waals surface area contributed by atoms with E-state index in [2.05, 4.69) is 14.8 Å². The normalized spacial score (nSPS) is 26.0. The van der Waals surface area contributed by atoms with Crippen molar-refractivity contribution in [3.8, 4) is 29.0 Å². The summed E-state index contributed by atoms with van der Waals surface area (Å²) in [5.41, 5.74) is 12.1. The van der Waals surface area contributed by atoms with Crippen molar-refractivity contribution in [1.82, 2.24) is 14.9 Å². The Kier molecular flexibility index (Phi) is 7.55. The van der Waals surface area contributed by atoms with Crippen LogP contribution in [-0.2, 0) is 0 Å². The zero-order valence-electron chi connectivity index (χ0n) is 25.5. The van der Waals surface area contributed by atoms with E-state index in [1.54, 1.807) is 0 Å². The second-order valence-corrected chi connectivity index (χ2v) is 14.6. The fraction of sp³-hybridized carbons (Fsp3) is 0.485. The van der Waals surface area contributed by atoms with Crippen molar-refractivity contribution < 1.29 is 22.6 Å². The van der Waals surface area contributed by atoms with Gasteiger partial charge in [-0.1, -0.05) is 17.7 Å². The monoisotopic (exact) mass is 683 g/mol. The molecule has 0 amide bonds. The predicted molar refractivity (Wildman–Crippen MR) is 176 cm³/mol. The summed E-state index contributed by atoms with van der Waals surface area (Å²) in [5.74, 6) is -0.745. The number of hydrogen-bond acceptors (Lipinski definition) is 10. The van der Waals surface area contributed by atoms with Gasteiger partial charge in [0.1, 0.15) is 41.0 Å². The van der Waals surface area contributed by atoms with E-state index in [4.69, 9.17) is 37.5 Å². The van der Waals surface area contributed by atoms with Gasteiger partial charge in [0.05, 0.1) is 32.8 Å². The minimum Gasteiger partial charge on any atom is -0.491 e. The lowest BCUT2D eigenvalue weighted by molar-refractivity contribution is 0.107. The lowest BCUT2D eigenvalue weighted by Gasteiger charge is -2.35. The van der Waals surface area contributed by atoms with E-state index in [0.717, 1.165) is 43.6 Å². The van der Waals surface area contributed by atoms with Crippen LogP contribution in [0.2, 0.25) is 5.02 Å². The standard InChI is InChI=1S/C33H33ClF3N7O2S/c34-25-23(19-4-5-21(36)29-22(19)20(13-38)30(40)47-29)26(37)27-24-28(25)45-10-6-18-11-17(39)3-1-9-44(18)31(24)42-32(41-27)46-15-33-7-2-8-43(33)14-16(35)12-33/h4-5,16-18H,1-3,6-12,14-15,39-40H2/t16-,17?,18?,33?/m1/s1. The Morgan fingerprint density at radius 2 is 2.04 bits per heavy atom. The molecule has 4 atom stereocenters. The highest BCUT2D eigenvalue weighted by molar-refractivity contribution is 7.23. The van der Waals surface area contributed by atoms with Gasteiger partial charge in [0.25, 0.3) is 0 Å². The number of hydrogen-bond donors (Lipinski definition) is 2. The average molecular weight is 684 g/mol. The van der Waals surface area contributed by atoms with Crippen molar-refractivity contribution >= 4 is 54.7 Å². The summed E-state index contributed by atoms with van der Waals surface area (Å²) < 4.78 is 59.5. The molecule has 4 aromatic rings. The molecule has 0 radical (unpaired) electrons. The number of nitrogens with two attached hydrogens (primary N) is 2. The molecule has 0 aliphatic carbocycles. The Morgan fingerprint density at radius 1 is 1.19 bits per heavy atom. The predicted octanol–water partition coefficient (Wildman–Crippen LogP) is 6.32. The van der Waals surface area contributed by atoms with Crippen LogP contribution in [0.15, 0.2) is 12.1 Å². The molecule has 246 valence electrons. The molecule has 0 bridgehead atoms. The second-order valence-electron chi connectivity index (χ2n) is 13.1. The van der Waals surface area contributed by atoms with E-state index in [0.29, 0.717) is 43.6 Å². The summed E-state index contributed by atoms with van der Waals surface area (Å²) in [4.78, 5) is 13.8. The number of thiophene rings is 1. The number of rotatable bonds is 4. The van der Waals surface area contributed by atoms with Crippen LogP contribution in [-0.4, -0.2) is 71.5 Å². The molecule has 47 heavy (non-hydrogen) atoms. The van der Waals surface area contributed by atoms with Crippen LogP contribution in [0, 0.1) is 23.0 Å². The fourth-order valence-electron chi connectivity index (χ4n) is 8.19. The molecule has 14 heteroatoms. The highest BCUT2D eigenvalue weighted by Gasteiger charge is 2.49. The van der Waals surface area contributed by atoms with E-state index in [9.17, 15) is 14.0 Å². The first-order chi connectivity index (χ1) is 22.7. The van der Waals surface area contributed by atoms with Crippen LogP contribution in [0.25, 0.3) is 32.1 Å². The first kappa shape index (κ1) is 30.7. The number of nitrogens with zero attached hydrogens (tertiary/aromatic N) is 5. The molecule has 2 aromatic carbocycles. The quantitative estimate of drug-likeness (QED) is 0.254. The third-order valence-electron chi connectivity index (χ3n) is 10.3. The van der Waals surface area contributed by atoms with Crippen molar-refractivity contribution in [1.29, 1.82) is 5.26 Å². The van der Waals surface area contributed by atoms with Crippen LogP contribution in [0.1, 0.15) is 50.5 Å². The van der Waals surface area contributed by atoms with Crippen molar-refractivity contribution in [3.05, 3.63) is 34.4 Å². The van der Waals surface area contributed by atoms with Crippen molar-refractivity contribution in [2.45, 2.75) is 68.7 Å². The number of aromatic nitrogens is 2. The first-order valence-corrected chi connectivity index (χ1v) is 17.2. The van der Waals surface area contributed by atoms with E-state index < -0.39 is 23.3 Å². The number of halogens is 4. The summed E-state index contributed by atoms with van der Waals surface area (Å²) in [6, 6.07) is 4.57. The smallest absolute Gasteiger partial charge is 0.319 e. The van der Waals surface area contributed by atoms with E-state index in [1.807, 2.05) is 6.07 Å². The maximum Gasteiger partial charge on any atom is 0.319 e. The van der Waals surface area contributed by atoms with Crippen LogP contribution in [0.3, 0.4) is 0 Å². The summed E-state index contributed by atoms with van der Waals surface area (Å²) in [6.45, 7) is 2.23. The third-order valence-corrected chi connectivity index (χ3v) is 11.7. The van der Waals surface area contributed by atoms with Crippen molar-refractivity contribution in [2.24, 2.45) is 5.73 Å². The molecule has 4 N–H and O–H groups in total. The molecular weight excluding hydrogens is 651 g/mol. The van der Waals surface area contributed by atoms with Gasteiger partial charge < -0.3 is 25.8 Å². The lowest BCUT2D eigenvalue weighted by atomic mass is 9.95. The van der Waals surface area contributed by atoms with Gasteiger partial charge in [0.2, 0.25) is 0 Å². The molecule has 6 heterocycles. The summed E-state index contributed by atoms with van der Waals surface area (Å²) in [7, 11) is 0. The molecule has 8 rings (SSSR count). The number of nitriles is 1. The summed E-state index contributed by atoms with van der Waals surface area (Å²) in [5, 5.41) is 10.5. The second kappa shape index (κ2) is 11.5. The largest absolute Gasteiger partial charge is 0.491 e. The Labute approximate surface area is 278 Å². The molecule has 0 saturated carbocycles. The number of nitrogen functional groups attached to an aromatic ring is 1. The average Bonchev–Trinajstić information content (AvgIpc) is 3.64. The van der Waals surface area contributed by atoms with Gasteiger partial charge in [0, 0.05) is 49.0 Å². The van der Waals surface area contributed by atoms with Gasteiger partial charge in [-0.3, -0.25) is 4.90 Å². The van der Waals surface area contributed by atoms with E-state index in [-0.39, 0.29) is 79.4 Å². The van der Waals surface area contributed by atoms with Crippen LogP contribution in [0.4, 0.5) is 24.0 Å². The molecule has 4 aliphatic heterocycles. The van der Waals surface area contributed by atoms with Crippen LogP contribution >= 0.6 is 22.9 Å². The van der Waals surface area contributed by atoms with Crippen molar-refractivity contribution in [3.63, 3.8) is 0 Å². The van der Waals surface area contributed by atoms with Gasteiger partial charge in [-0.05, 0) is 50.3 Å². The lowest BCUT2D eigenvalue weighted by Crippen LogP contribution is -2.43. The van der Waals surface area contributed by atoms with Gasteiger partial charge in [-0.2, -0.15) is 15.2 Å². The maximum atomic E-state index is 17.2. The molecule has 9 nitrogen and oxygen atoms in total. The maximum absolute atomic E-state index is 17.2. The molecule has 4 aliphatic rings. The van der Waals surface area contributed by atoms with Gasteiger partial charge in [-0.15, -0.1) is 11.3 Å². The van der Waals surface area contributed by atoms with Crippen molar-refractivity contribution in [2.75, 3.05) is 43.5 Å². The van der Waals surface area contributed by atoms with Crippen LogP contribution in [0.5, 0.6) is 11.8 Å². The molecule has 2 aromatic heterocycles. The number of benzene rings is 2. The molecule has 0 spiro atoms. The number of anilines is 2. The number of fused-ring (bicyclic) bond motifs is 4. The Hall–Kier alpha value is -3.57. The summed E-state index contributed by atoms with van der Waals surface area (Å²) >= 11 is 7.97. The minimum atomic E-state index is -0.939. The summed E-state index contributed by atoms with van der Waals surface area (Å²) in [6.07, 6.45) is 4.12. The fourth-order valence-corrected chi connectivity index (χ4v) is 9.47. The van der Waals surface area contributed by atoms with E-state index >= 15 is 4.39 Å². The Morgan fingerprint density at radius 3 is 2.87 bits per heavy atom. The van der Waals surface area contributed by atoms with Gasteiger partial charge in [0.15, 0.2) is 11.6 Å². The molecular formula is C33H33ClF3N7O2S. The zero-order chi connectivity index (χ0) is 32.6. The van der Waals surface area contributed by atoms with Crippen LogP contribution < -0.4 is 25.8 Å².